The highest BCUT2D eigenvalue weighted by atomic mass is 16.7. The first-order valence-corrected chi connectivity index (χ1v) is 35.8. The van der Waals surface area contributed by atoms with Gasteiger partial charge >= 0.3 is 17.9 Å². The summed E-state index contributed by atoms with van der Waals surface area (Å²) in [6.07, 6.45) is 87.0. The molecule has 85 heavy (non-hydrogen) atoms. The zero-order valence-electron chi connectivity index (χ0n) is 56.3. The van der Waals surface area contributed by atoms with Crippen molar-refractivity contribution in [2.75, 3.05) is 47.5 Å². The van der Waals surface area contributed by atoms with Gasteiger partial charge in [0.25, 0.3) is 6.29 Å². The lowest BCUT2D eigenvalue weighted by Crippen LogP contribution is -2.40. The molecule has 0 bridgehead atoms. The van der Waals surface area contributed by atoms with E-state index in [9.17, 15) is 19.5 Å². The molecular weight excluding hydrogens is 1050 g/mol. The summed E-state index contributed by atoms with van der Waals surface area (Å²) in [4.78, 5) is 37.6. The van der Waals surface area contributed by atoms with Crippen molar-refractivity contribution in [3.63, 3.8) is 0 Å². The molecule has 492 valence electrons. The van der Waals surface area contributed by atoms with Crippen LogP contribution in [0.5, 0.6) is 0 Å². The number of likely N-dealkylation sites (N-methyl/N-ethyl adjacent to an activating group) is 1. The first-order valence-electron chi connectivity index (χ1n) is 35.8. The van der Waals surface area contributed by atoms with Gasteiger partial charge in [0.2, 0.25) is 0 Å². The van der Waals surface area contributed by atoms with Gasteiger partial charge in [0.1, 0.15) is 13.2 Å². The fourth-order valence-corrected chi connectivity index (χ4v) is 10.2. The number of hydrogen-bond donors (Lipinski definition) is 1. The number of esters is 2. The Morgan fingerprint density at radius 1 is 0.365 bits per heavy atom. The molecule has 0 saturated heterocycles. The first-order chi connectivity index (χ1) is 41.6. The molecule has 0 rings (SSSR count). The van der Waals surface area contributed by atoms with Gasteiger partial charge in [-0.1, -0.05) is 304 Å². The Labute approximate surface area is 525 Å². The van der Waals surface area contributed by atoms with E-state index in [0.717, 1.165) is 77.0 Å². The molecule has 2 unspecified atom stereocenters. The maximum absolute atomic E-state index is 12.9. The number of allylic oxidation sites excluding steroid dienone is 14. The molecule has 0 saturated carbocycles. The fraction of sp³-hybridized carbons (Fsp3) is 0.776. The smallest absolute Gasteiger partial charge is 0.361 e. The van der Waals surface area contributed by atoms with Gasteiger partial charge in [-0.3, -0.25) is 9.59 Å². The second-order valence-corrected chi connectivity index (χ2v) is 25.2. The molecule has 0 aliphatic rings. The number of carboxylic acids is 1. The van der Waals surface area contributed by atoms with Crippen LogP contribution in [0.25, 0.3) is 0 Å². The van der Waals surface area contributed by atoms with Gasteiger partial charge in [0, 0.05) is 12.8 Å². The molecule has 0 radical (unpaired) electrons. The van der Waals surface area contributed by atoms with E-state index in [0.29, 0.717) is 17.4 Å². The van der Waals surface area contributed by atoms with E-state index in [-0.39, 0.29) is 32.2 Å². The number of carbonyl (C=O) groups is 3. The lowest BCUT2D eigenvalue weighted by Gasteiger charge is -2.25. The second kappa shape index (κ2) is 66.4. The third kappa shape index (κ3) is 67.8. The third-order valence-electron chi connectivity index (χ3n) is 15.6. The quantitative estimate of drug-likeness (QED) is 0.0211. The zero-order chi connectivity index (χ0) is 61.9. The minimum atomic E-state index is -1.51. The van der Waals surface area contributed by atoms with Crippen molar-refractivity contribution >= 4 is 17.9 Å². The van der Waals surface area contributed by atoms with Crippen LogP contribution >= 0.6 is 0 Å². The number of carboxylic acid groups (broad SMARTS) is 1. The Balaban J connectivity index is 4.07. The van der Waals surface area contributed by atoms with E-state index in [1.165, 1.54) is 218 Å². The lowest BCUT2D eigenvalue weighted by atomic mass is 10.0. The van der Waals surface area contributed by atoms with Crippen molar-refractivity contribution in [2.24, 2.45) is 0 Å². The number of aliphatic carboxylic acids is 1. The van der Waals surface area contributed by atoms with E-state index < -0.39 is 24.3 Å². The number of unbranched alkanes of at least 4 members (excludes halogenated alkanes) is 37. The molecule has 0 aromatic carbocycles. The maximum atomic E-state index is 12.9. The molecule has 1 N–H and O–H groups in total. The highest BCUT2D eigenvalue weighted by molar-refractivity contribution is 5.71. The third-order valence-corrected chi connectivity index (χ3v) is 15.6. The molecule has 0 fully saturated rings. The van der Waals surface area contributed by atoms with Gasteiger partial charge in [0.15, 0.2) is 6.10 Å². The van der Waals surface area contributed by atoms with E-state index >= 15 is 0 Å². The summed E-state index contributed by atoms with van der Waals surface area (Å²) in [6.45, 7) is 4.79. The van der Waals surface area contributed by atoms with Gasteiger partial charge in [-0.25, -0.2) is 4.79 Å². The lowest BCUT2D eigenvalue weighted by molar-refractivity contribution is -0.870. The summed E-state index contributed by atoms with van der Waals surface area (Å²) in [7, 11) is 5.98. The van der Waals surface area contributed by atoms with Crippen LogP contribution in [0.3, 0.4) is 0 Å². The SMILES string of the molecule is CC/C=C\C/C=C\C/C=C\C/C=C\CCCCCCCCCCCCCCCCC(=O)OC(COC(=O)CCCCCCCCCCCCCCCCCCCC/C=C\C/C=C\C/C=C\CCCCCCC)COC(OCC[N+](C)(C)C)C(=O)O. The van der Waals surface area contributed by atoms with Crippen molar-refractivity contribution in [3.8, 4) is 0 Å². The average Bonchev–Trinajstić information content (AvgIpc) is 3.48. The normalized spacial score (nSPS) is 13.2. The molecule has 0 amide bonds. The topological polar surface area (TPSA) is 108 Å². The van der Waals surface area contributed by atoms with Gasteiger partial charge in [-0.05, 0) is 89.9 Å². The van der Waals surface area contributed by atoms with E-state index in [1.807, 2.05) is 21.1 Å². The van der Waals surface area contributed by atoms with Crippen LogP contribution in [-0.2, 0) is 33.3 Å². The van der Waals surface area contributed by atoms with Crippen molar-refractivity contribution in [1.29, 1.82) is 0 Å². The van der Waals surface area contributed by atoms with Crippen LogP contribution in [0.1, 0.15) is 322 Å². The van der Waals surface area contributed by atoms with Crippen molar-refractivity contribution in [1.82, 2.24) is 0 Å². The van der Waals surface area contributed by atoms with Gasteiger partial charge in [0.05, 0.1) is 34.4 Å². The minimum Gasteiger partial charge on any atom is -0.477 e. The molecule has 0 aliphatic heterocycles. The van der Waals surface area contributed by atoms with Gasteiger partial charge < -0.3 is 28.5 Å². The second-order valence-electron chi connectivity index (χ2n) is 25.2. The van der Waals surface area contributed by atoms with E-state index in [4.69, 9.17) is 18.9 Å². The monoisotopic (exact) mass is 1190 g/mol. The number of hydrogen-bond acceptors (Lipinski definition) is 7. The van der Waals surface area contributed by atoms with Crippen LogP contribution in [0, 0.1) is 0 Å². The molecular formula is C76H136NO8+. The summed E-state index contributed by atoms with van der Waals surface area (Å²) >= 11 is 0. The number of rotatable bonds is 66. The Hall–Kier alpha value is -3.53. The van der Waals surface area contributed by atoms with Crippen LogP contribution < -0.4 is 0 Å². The maximum Gasteiger partial charge on any atom is 0.361 e. The molecule has 0 spiro atoms. The summed E-state index contributed by atoms with van der Waals surface area (Å²) in [5.74, 6) is -1.99. The first kappa shape index (κ1) is 81.5. The van der Waals surface area contributed by atoms with Crippen LogP contribution in [0.4, 0.5) is 0 Å². The number of carbonyl (C=O) groups excluding carboxylic acids is 2. The Kier molecular flexibility index (Phi) is 63.7. The van der Waals surface area contributed by atoms with Crippen LogP contribution in [0.15, 0.2) is 85.1 Å². The predicted molar refractivity (Wildman–Crippen MR) is 364 cm³/mol. The Bertz CT molecular complexity index is 1670. The molecule has 0 aliphatic carbocycles. The molecule has 0 aromatic rings. The number of quaternary nitrogens is 1. The van der Waals surface area contributed by atoms with Crippen molar-refractivity contribution < 1.29 is 42.9 Å². The number of nitrogens with zero attached hydrogens (tertiary/aromatic N) is 1. The molecule has 0 aromatic heterocycles. The molecule has 9 nitrogen and oxygen atoms in total. The van der Waals surface area contributed by atoms with Crippen LogP contribution in [-0.4, -0.2) is 87.4 Å². The standard InChI is InChI=1S/C76H135NO8/c1-6-8-10-12-14-16-18-20-22-24-26-28-30-32-34-35-36-37-38-39-41-42-44-46-48-50-52-54-56-58-60-62-64-66-73(78)83-70-72(71-84-76(75(80)81)82-69-68-77(3,4)5)85-74(79)67-65-63-61-59-57-55-53-51-49-47-45-43-40-33-31-29-27-25-23-21-19-17-15-13-11-9-7-2/h9,11,15,17-18,20-21,23-24,26-27,29-30,32,72,76H,6-8,10,12-14,16,19,22,25,28,31,33-71H2,1-5H3/p+1/b11-9-,17-15-,20-18-,23-21-,26-24-,29-27-,32-30-. The fourth-order valence-electron chi connectivity index (χ4n) is 10.2. The van der Waals surface area contributed by atoms with E-state index in [1.54, 1.807) is 0 Å². The summed E-state index contributed by atoms with van der Waals surface area (Å²) in [5, 5.41) is 9.75. The van der Waals surface area contributed by atoms with Gasteiger partial charge in [-0.15, -0.1) is 0 Å². The molecule has 0 heterocycles. The summed E-state index contributed by atoms with van der Waals surface area (Å²) in [6, 6.07) is 0. The van der Waals surface area contributed by atoms with Crippen molar-refractivity contribution in [3.05, 3.63) is 85.1 Å². The molecule has 9 heteroatoms. The summed E-state index contributed by atoms with van der Waals surface area (Å²) in [5.41, 5.74) is 0. The van der Waals surface area contributed by atoms with E-state index in [2.05, 4.69) is 98.9 Å². The highest BCUT2D eigenvalue weighted by Crippen LogP contribution is 2.18. The van der Waals surface area contributed by atoms with Crippen LogP contribution in [0.2, 0.25) is 0 Å². The largest absolute Gasteiger partial charge is 0.477 e. The zero-order valence-corrected chi connectivity index (χ0v) is 56.3. The van der Waals surface area contributed by atoms with Crippen molar-refractivity contribution in [2.45, 2.75) is 334 Å². The Morgan fingerprint density at radius 3 is 1.00 bits per heavy atom. The predicted octanol–water partition coefficient (Wildman–Crippen LogP) is 22.2. The van der Waals surface area contributed by atoms with Gasteiger partial charge in [-0.2, -0.15) is 0 Å². The molecule has 2 atom stereocenters. The Morgan fingerprint density at radius 2 is 0.671 bits per heavy atom. The summed E-state index contributed by atoms with van der Waals surface area (Å²) < 4.78 is 23.0. The number of ether oxygens (including phenoxy) is 4. The average molecular weight is 1190 g/mol. The minimum absolute atomic E-state index is 0.182. The highest BCUT2D eigenvalue weighted by Gasteiger charge is 2.25.